The molecule has 0 radical (unpaired) electrons. The van der Waals surface area contributed by atoms with Gasteiger partial charge in [-0.15, -0.1) is 0 Å². The number of sulfone groups is 1. The third-order valence-corrected chi connectivity index (χ3v) is 5.19. The Morgan fingerprint density at radius 2 is 1.79 bits per heavy atom. The predicted molar refractivity (Wildman–Crippen MR) is 93.6 cm³/mol. The van der Waals surface area contributed by atoms with E-state index in [-0.39, 0.29) is 29.0 Å². The molecule has 0 N–H and O–H groups in total. The number of nitrogens with zero attached hydrogens (tertiary/aromatic N) is 2. The molecule has 0 bridgehead atoms. The zero-order valence-electron chi connectivity index (χ0n) is 14.1. The first-order valence-corrected chi connectivity index (χ1v) is 9.49. The smallest absolute Gasteiger partial charge is 0.233 e. The van der Waals surface area contributed by atoms with Crippen molar-refractivity contribution < 1.29 is 13.2 Å². The van der Waals surface area contributed by atoms with Crippen LogP contribution >= 0.6 is 0 Å². The number of pyridine rings is 1. The largest absolute Gasteiger partial charge is 0.274 e. The number of aryl methyl sites for hydroxylation is 1. The van der Waals surface area contributed by atoms with Gasteiger partial charge in [0.1, 0.15) is 5.49 Å². The van der Waals surface area contributed by atoms with E-state index in [1.54, 1.807) is 48.7 Å². The van der Waals surface area contributed by atoms with E-state index in [1.807, 2.05) is 20.8 Å². The van der Waals surface area contributed by atoms with Crippen molar-refractivity contribution in [3.05, 3.63) is 59.7 Å². The summed E-state index contributed by atoms with van der Waals surface area (Å²) in [5.41, 5.74) is 1.52. The Bertz CT molecular complexity index is 879. The Morgan fingerprint density at radius 1 is 1.12 bits per heavy atom. The minimum absolute atomic E-state index is 0.0442. The second kappa shape index (κ2) is 7.57. The topological polar surface area (TPSA) is 68.5 Å². The maximum atomic E-state index is 12.4. The second-order valence-electron chi connectivity index (χ2n) is 5.93. The summed E-state index contributed by atoms with van der Waals surface area (Å²) in [5, 5.41) is 0. The summed E-state index contributed by atoms with van der Waals surface area (Å²) in [5.74, 6) is -0.511. The van der Waals surface area contributed by atoms with Gasteiger partial charge in [0.05, 0.1) is 10.6 Å². The van der Waals surface area contributed by atoms with Crippen molar-refractivity contribution in [2.24, 2.45) is 4.99 Å². The lowest BCUT2D eigenvalue weighted by molar-refractivity contribution is 0.0904. The van der Waals surface area contributed by atoms with Crippen molar-refractivity contribution in [2.45, 2.75) is 38.1 Å². The zero-order chi connectivity index (χ0) is 17.7. The van der Waals surface area contributed by atoms with Gasteiger partial charge in [0, 0.05) is 18.7 Å². The quantitative estimate of drug-likeness (QED) is 0.836. The van der Waals surface area contributed by atoms with Gasteiger partial charge < -0.3 is 0 Å². The Labute approximate surface area is 142 Å². The van der Waals surface area contributed by atoms with Crippen LogP contribution in [0, 0.1) is 6.92 Å². The Hall–Kier alpha value is -2.21. The molecular weight excluding hydrogens is 324 g/mol. The van der Waals surface area contributed by atoms with Crippen LogP contribution in [-0.4, -0.2) is 30.7 Å². The van der Waals surface area contributed by atoms with Crippen LogP contribution in [-0.2, 0) is 9.84 Å². The lowest BCUT2D eigenvalue weighted by atomic mass is 10.2. The highest BCUT2D eigenvalue weighted by atomic mass is 32.2. The Balaban J connectivity index is 2.18. The van der Waals surface area contributed by atoms with Crippen LogP contribution in [0.2, 0.25) is 0 Å². The van der Waals surface area contributed by atoms with Crippen molar-refractivity contribution in [2.75, 3.05) is 5.75 Å². The van der Waals surface area contributed by atoms with Crippen LogP contribution in [0.15, 0.2) is 58.5 Å². The molecule has 0 fully saturated rings. The molecule has 0 aliphatic rings. The van der Waals surface area contributed by atoms with Crippen molar-refractivity contribution in [3.8, 4) is 0 Å². The number of carbonyl (C=O) groups is 1. The number of carbonyl (C=O) groups excluding carboxylic acids is 1. The molecule has 24 heavy (non-hydrogen) atoms. The average Bonchev–Trinajstić information content (AvgIpc) is 2.53. The standard InChI is InChI=1S/C18H22N2O3S/c1-14(2)19-17-6-4-5-12-20(17)18(21)11-13-24(22,23)16-9-7-15(3)8-10-16/h4-10,12,14H,11,13H2,1-3H3. The van der Waals surface area contributed by atoms with Gasteiger partial charge in [-0.05, 0) is 45.0 Å². The van der Waals surface area contributed by atoms with Crippen LogP contribution in [0.1, 0.15) is 30.6 Å². The molecule has 0 saturated heterocycles. The maximum absolute atomic E-state index is 12.4. The van der Waals surface area contributed by atoms with Crippen LogP contribution in [0.3, 0.4) is 0 Å². The lowest BCUT2D eigenvalue weighted by Crippen LogP contribution is -2.28. The molecule has 0 aliphatic heterocycles. The molecule has 0 saturated carbocycles. The average molecular weight is 346 g/mol. The summed E-state index contributed by atoms with van der Waals surface area (Å²) in [4.78, 5) is 17.0. The molecule has 2 rings (SSSR count). The van der Waals surface area contributed by atoms with E-state index >= 15 is 0 Å². The normalized spacial score (nSPS) is 12.6. The second-order valence-corrected chi connectivity index (χ2v) is 8.04. The minimum atomic E-state index is -3.48. The summed E-state index contributed by atoms with van der Waals surface area (Å²) < 4.78 is 26.1. The fourth-order valence-electron chi connectivity index (χ4n) is 2.22. The molecule has 0 atom stereocenters. The number of aromatic nitrogens is 1. The van der Waals surface area contributed by atoms with Crippen molar-refractivity contribution in [1.82, 2.24) is 4.57 Å². The SMILES string of the molecule is Cc1ccc(S(=O)(=O)CCC(=O)n2ccccc2=NC(C)C)cc1. The van der Waals surface area contributed by atoms with E-state index in [4.69, 9.17) is 0 Å². The van der Waals surface area contributed by atoms with Gasteiger partial charge >= 0.3 is 0 Å². The molecule has 1 aromatic heterocycles. The first-order chi connectivity index (χ1) is 11.3. The molecule has 5 nitrogen and oxygen atoms in total. The molecule has 0 spiro atoms. The van der Waals surface area contributed by atoms with E-state index < -0.39 is 9.84 Å². The number of rotatable bonds is 5. The van der Waals surface area contributed by atoms with Gasteiger partial charge in [0.2, 0.25) is 5.91 Å². The highest BCUT2D eigenvalue weighted by molar-refractivity contribution is 7.91. The van der Waals surface area contributed by atoms with Gasteiger partial charge in [-0.1, -0.05) is 23.8 Å². The first-order valence-electron chi connectivity index (χ1n) is 7.84. The summed E-state index contributed by atoms with van der Waals surface area (Å²) >= 11 is 0. The fourth-order valence-corrected chi connectivity index (χ4v) is 3.45. The molecule has 2 aromatic rings. The summed E-state index contributed by atoms with van der Waals surface area (Å²) in [6.07, 6.45) is 1.52. The van der Waals surface area contributed by atoms with Gasteiger partial charge in [0.15, 0.2) is 9.84 Å². The molecule has 1 aromatic carbocycles. The van der Waals surface area contributed by atoms with E-state index in [9.17, 15) is 13.2 Å². The Kier molecular flexibility index (Phi) is 5.72. The number of hydrogen-bond donors (Lipinski definition) is 0. The molecule has 1 heterocycles. The van der Waals surface area contributed by atoms with E-state index in [2.05, 4.69) is 4.99 Å². The maximum Gasteiger partial charge on any atom is 0.233 e. The van der Waals surface area contributed by atoms with Crippen LogP contribution in [0.25, 0.3) is 0 Å². The molecule has 0 aliphatic carbocycles. The van der Waals surface area contributed by atoms with Gasteiger partial charge in [-0.2, -0.15) is 0 Å². The lowest BCUT2D eigenvalue weighted by Gasteiger charge is -2.08. The molecule has 0 unspecified atom stereocenters. The summed E-state index contributed by atoms with van der Waals surface area (Å²) in [6, 6.07) is 12.0. The van der Waals surface area contributed by atoms with Gasteiger partial charge in [-0.3, -0.25) is 14.4 Å². The van der Waals surface area contributed by atoms with Gasteiger partial charge in [-0.25, -0.2) is 8.42 Å². The zero-order valence-corrected chi connectivity index (χ0v) is 15.0. The Morgan fingerprint density at radius 3 is 2.42 bits per heavy atom. The van der Waals surface area contributed by atoms with Crippen LogP contribution < -0.4 is 5.49 Å². The van der Waals surface area contributed by atoms with Crippen molar-refractivity contribution in [1.29, 1.82) is 0 Å². The van der Waals surface area contributed by atoms with Crippen molar-refractivity contribution >= 4 is 15.7 Å². The number of hydrogen-bond acceptors (Lipinski definition) is 4. The first kappa shape index (κ1) is 18.1. The number of benzene rings is 1. The third-order valence-electron chi connectivity index (χ3n) is 3.46. The minimum Gasteiger partial charge on any atom is -0.274 e. The van der Waals surface area contributed by atoms with E-state index in [1.165, 1.54) is 4.57 Å². The summed E-state index contributed by atoms with van der Waals surface area (Å²) in [6.45, 7) is 5.74. The predicted octanol–water partition coefficient (Wildman–Crippen LogP) is 2.61. The van der Waals surface area contributed by atoms with Gasteiger partial charge in [0.25, 0.3) is 0 Å². The highest BCUT2D eigenvalue weighted by Gasteiger charge is 2.17. The molecular formula is C18H22N2O3S. The van der Waals surface area contributed by atoms with E-state index in [0.29, 0.717) is 5.49 Å². The third kappa shape index (κ3) is 4.64. The fraction of sp³-hybridized carbons (Fsp3) is 0.333. The molecule has 0 amide bonds. The molecule has 128 valence electrons. The molecule has 6 heteroatoms. The van der Waals surface area contributed by atoms with Crippen LogP contribution in [0.5, 0.6) is 0 Å². The monoisotopic (exact) mass is 346 g/mol. The summed E-state index contributed by atoms with van der Waals surface area (Å²) in [7, 11) is -3.48. The highest BCUT2D eigenvalue weighted by Crippen LogP contribution is 2.13. The van der Waals surface area contributed by atoms with Crippen molar-refractivity contribution in [3.63, 3.8) is 0 Å². The van der Waals surface area contributed by atoms with Crippen LogP contribution in [0.4, 0.5) is 0 Å². The van der Waals surface area contributed by atoms with E-state index in [0.717, 1.165) is 5.56 Å².